The van der Waals surface area contributed by atoms with Gasteiger partial charge >= 0.3 is 0 Å². The highest BCUT2D eigenvalue weighted by Gasteiger charge is 2.27. The summed E-state index contributed by atoms with van der Waals surface area (Å²) < 4.78 is 2.25. The van der Waals surface area contributed by atoms with Crippen LogP contribution in [0.1, 0.15) is 18.4 Å². The van der Waals surface area contributed by atoms with Gasteiger partial charge in [0.25, 0.3) is 0 Å². The third kappa shape index (κ3) is 6.54. The molecule has 5 nitrogen and oxygen atoms in total. The molecule has 0 unspecified atom stereocenters. The smallest absolute Gasteiger partial charge is 0.164 e. The zero-order chi connectivity index (χ0) is 44.3. The van der Waals surface area contributed by atoms with Gasteiger partial charge in [0.2, 0.25) is 0 Å². The van der Waals surface area contributed by atoms with Crippen molar-refractivity contribution in [3.63, 3.8) is 0 Å². The van der Waals surface area contributed by atoms with Gasteiger partial charge in [-0.1, -0.05) is 218 Å². The van der Waals surface area contributed by atoms with Crippen LogP contribution in [0.3, 0.4) is 0 Å². The Bertz CT molecular complexity index is 3850. The van der Waals surface area contributed by atoms with E-state index in [9.17, 15) is 0 Å². The fraction of sp³-hybridized carbons (Fsp3) is 0.0323. The first kappa shape index (κ1) is 38.6. The van der Waals surface area contributed by atoms with Crippen molar-refractivity contribution in [1.82, 2.24) is 24.6 Å². The standard InChI is InChI=1S/C62H41N5/c1-5-19-40(20-6-1)56-57(46-37-38-51-49-29-14-13-27-47(49)48-28-15-16-30-50(48)54(51)39-46)66-67-58(42-21-7-2-8-22-42)55(52-31-17-18-32-53(52)59(56)67)41-33-35-45(36-34-41)62-64-60(43-23-9-3-10-24-43)63-61(65-62)44-25-11-4-12-26-44/h1-5,7-19,21-39H,6,20H2. The van der Waals surface area contributed by atoms with Crippen molar-refractivity contribution >= 4 is 54.2 Å². The highest BCUT2D eigenvalue weighted by molar-refractivity contribution is 6.26. The van der Waals surface area contributed by atoms with Gasteiger partial charge in [-0.2, -0.15) is 5.10 Å². The Balaban J connectivity index is 1.06. The molecule has 0 spiro atoms. The van der Waals surface area contributed by atoms with Gasteiger partial charge in [0.1, 0.15) is 5.69 Å². The van der Waals surface area contributed by atoms with Gasteiger partial charge in [0.15, 0.2) is 17.5 Å². The van der Waals surface area contributed by atoms with E-state index in [4.69, 9.17) is 20.1 Å². The van der Waals surface area contributed by atoms with Gasteiger partial charge in [-0.05, 0) is 67.7 Å². The minimum atomic E-state index is 0.621. The lowest BCUT2D eigenvalue weighted by Crippen LogP contribution is -2.01. The van der Waals surface area contributed by atoms with Gasteiger partial charge in [0.05, 0.1) is 11.2 Å². The molecule has 0 N–H and O–H groups in total. The fourth-order valence-corrected chi connectivity index (χ4v) is 10.2. The number of benzene rings is 9. The molecule has 0 saturated heterocycles. The van der Waals surface area contributed by atoms with Crippen molar-refractivity contribution in [3.05, 3.63) is 230 Å². The SMILES string of the molecule is C1=CCCC(c2c(-c3ccc4c5ccccc5c5ccccc5c4c3)nn3c(-c4ccccc4)c(-c4ccc(-c5nc(-c6ccccc6)nc(-c6ccccc6)n5)cc4)c4ccccc4c23)=C1. The first-order valence-electron chi connectivity index (χ1n) is 23.0. The first-order valence-corrected chi connectivity index (χ1v) is 23.0. The van der Waals surface area contributed by atoms with Crippen molar-refractivity contribution in [2.45, 2.75) is 12.8 Å². The van der Waals surface area contributed by atoms with E-state index in [0.717, 1.165) is 79.5 Å². The maximum absolute atomic E-state index is 5.79. The summed E-state index contributed by atoms with van der Waals surface area (Å²) in [4.78, 5) is 15.0. The molecule has 3 heterocycles. The van der Waals surface area contributed by atoms with Crippen molar-refractivity contribution in [2.24, 2.45) is 0 Å². The Labute approximate surface area is 387 Å². The van der Waals surface area contributed by atoms with E-state index >= 15 is 0 Å². The van der Waals surface area contributed by atoms with E-state index in [1.165, 1.54) is 43.5 Å². The molecule has 13 rings (SSSR count). The second kappa shape index (κ2) is 16.0. The Morgan fingerprint density at radius 1 is 0.358 bits per heavy atom. The topological polar surface area (TPSA) is 56.0 Å². The molecule has 12 aromatic rings. The summed E-state index contributed by atoms with van der Waals surface area (Å²) >= 11 is 0. The predicted octanol–water partition coefficient (Wildman–Crippen LogP) is 15.9. The largest absolute Gasteiger partial charge is 0.231 e. The summed E-state index contributed by atoms with van der Waals surface area (Å²) in [6.45, 7) is 0. The Kier molecular flexibility index (Phi) is 9.24. The molecule has 1 aliphatic rings. The number of hydrogen-bond donors (Lipinski definition) is 0. The first-order chi connectivity index (χ1) is 33.2. The molecule has 0 amide bonds. The number of allylic oxidation sites excluding steroid dienone is 4. The lowest BCUT2D eigenvalue weighted by molar-refractivity contribution is 0.981. The van der Waals surface area contributed by atoms with Crippen LogP contribution in [0.15, 0.2) is 224 Å². The van der Waals surface area contributed by atoms with Gasteiger partial charge in [-0.25, -0.2) is 19.5 Å². The van der Waals surface area contributed by atoms with Crippen LogP contribution in [0.25, 0.3) is 122 Å². The average Bonchev–Trinajstić information content (AvgIpc) is 3.82. The van der Waals surface area contributed by atoms with Crippen molar-refractivity contribution in [2.75, 3.05) is 0 Å². The van der Waals surface area contributed by atoms with Gasteiger partial charge in [0, 0.05) is 44.3 Å². The molecular formula is C62H41N5. The van der Waals surface area contributed by atoms with Crippen LogP contribution in [0.5, 0.6) is 0 Å². The molecule has 3 aromatic heterocycles. The van der Waals surface area contributed by atoms with Gasteiger partial charge in [-0.15, -0.1) is 0 Å². The van der Waals surface area contributed by atoms with Gasteiger partial charge < -0.3 is 0 Å². The number of nitrogens with zero attached hydrogens (tertiary/aromatic N) is 5. The molecule has 0 saturated carbocycles. The maximum Gasteiger partial charge on any atom is 0.164 e. The molecule has 67 heavy (non-hydrogen) atoms. The maximum atomic E-state index is 5.79. The second-order valence-corrected chi connectivity index (χ2v) is 17.2. The third-order valence-electron chi connectivity index (χ3n) is 13.3. The Morgan fingerprint density at radius 3 is 1.36 bits per heavy atom. The monoisotopic (exact) mass is 855 g/mol. The zero-order valence-electron chi connectivity index (χ0n) is 36.5. The van der Waals surface area contributed by atoms with E-state index in [-0.39, 0.29) is 0 Å². The van der Waals surface area contributed by atoms with Crippen molar-refractivity contribution < 1.29 is 0 Å². The van der Waals surface area contributed by atoms with E-state index in [1.807, 2.05) is 60.7 Å². The molecule has 0 atom stereocenters. The lowest BCUT2D eigenvalue weighted by Gasteiger charge is -2.18. The lowest BCUT2D eigenvalue weighted by atomic mass is 9.88. The molecule has 0 bridgehead atoms. The Morgan fingerprint density at radius 2 is 0.806 bits per heavy atom. The summed E-state index contributed by atoms with van der Waals surface area (Å²) in [6, 6.07) is 73.1. The van der Waals surface area contributed by atoms with Gasteiger partial charge in [-0.3, -0.25) is 0 Å². The summed E-state index contributed by atoms with van der Waals surface area (Å²) in [5.74, 6) is 1.89. The summed E-state index contributed by atoms with van der Waals surface area (Å²) in [7, 11) is 0. The summed E-state index contributed by atoms with van der Waals surface area (Å²) in [5.41, 5.74) is 12.8. The molecule has 0 aliphatic heterocycles. The minimum absolute atomic E-state index is 0.621. The summed E-state index contributed by atoms with van der Waals surface area (Å²) in [5, 5.41) is 15.6. The number of rotatable bonds is 7. The van der Waals surface area contributed by atoms with Crippen LogP contribution in [-0.4, -0.2) is 24.6 Å². The van der Waals surface area contributed by atoms with E-state index in [0.29, 0.717) is 17.5 Å². The van der Waals surface area contributed by atoms with E-state index in [2.05, 4.69) is 168 Å². The number of fused-ring (bicyclic) bond motifs is 9. The fourth-order valence-electron chi connectivity index (χ4n) is 10.2. The zero-order valence-corrected chi connectivity index (χ0v) is 36.5. The normalized spacial score (nSPS) is 12.7. The molecule has 1 aliphatic carbocycles. The van der Waals surface area contributed by atoms with E-state index in [1.54, 1.807) is 0 Å². The predicted molar refractivity (Wildman–Crippen MR) is 278 cm³/mol. The van der Waals surface area contributed by atoms with Crippen LogP contribution < -0.4 is 0 Å². The molecule has 314 valence electrons. The average molecular weight is 856 g/mol. The number of hydrogen-bond acceptors (Lipinski definition) is 4. The molecule has 9 aromatic carbocycles. The molecule has 0 radical (unpaired) electrons. The number of pyridine rings is 1. The molecule has 5 heteroatoms. The van der Waals surface area contributed by atoms with E-state index < -0.39 is 0 Å². The van der Waals surface area contributed by atoms with Crippen molar-refractivity contribution in [3.8, 4) is 67.8 Å². The quantitative estimate of drug-likeness (QED) is 0.150. The molecular weight excluding hydrogens is 815 g/mol. The van der Waals surface area contributed by atoms with Crippen LogP contribution in [-0.2, 0) is 0 Å². The van der Waals surface area contributed by atoms with Crippen LogP contribution in [0.2, 0.25) is 0 Å². The third-order valence-corrected chi connectivity index (χ3v) is 13.3. The highest BCUT2D eigenvalue weighted by Crippen LogP contribution is 2.47. The number of aromatic nitrogens is 5. The molecule has 0 fully saturated rings. The van der Waals surface area contributed by atoms with Crippen LogP contribution in [0, 0.1) is 0 Å². The van der Waals surface area contributed by atoms with Crippen LogP contribution >= 0.6 is 0 Å². The van der Waals surface area contributed by atoms with Crippen LogP contribution in [0.4, 0.5) is 0 Å². The second-order valence-electron chi connectivity index (χ2n) is 17.2. The summed E-state index contributed by atoms with van der Waals surface area (Å²) in [6.07, 6.45) is 8.68. The van der Waals surface area contributed by atoms with Crippen molar-refractivity contribution in [1.29, 1.82) is 0 Å². The highest BCUT2D eigenvalue weighted by atomic mass is 15.2. The minimum Gasteiger partial charge on any atom is -0.231 e. The Hall–Kier alpha value is -8.80.